The number of amides is 3. The van der Waals surface area contributed by atoms with Crippen LogP contribution >= 0.6 is 0 Å². The zero-order valence-corrected chi connectivity index (χ0v) is 23.7. The molecule has 1 atom stereocenters. The van der Waals surface area contributed by atoms with E-state index in [1.165, 1.54) is 12.1 Å². The maximum atomic E-state index is 14.2. The number of aromatic nitrogens is 2. The minimum Gasteiger partial charge on any atom is -0.358 e. The van der Waals surface area contributed by atoms with Crippen molar-refractivity contribution in [3.05, 3.63) is 95.4 Å². The lowest BCUT2D eigenvalue weighted by Gasteiger charge is -2.40. The Bertz CT molecular complexity index is 1610. The number of anilines is 1. The number of nitrogens with zero attached hydrogens (tertiary/aromatic N) is 1. The van der Waals surface area contributed by atoms with Gasteiger partial charge in [-0.2, -0.15) is 13.2 Å². The van der Waals surface area contributed by atoms with Gasteiger partial charge in [0, 0.05) is 52.6 Å². The van der Waals surface area contributed by atoms with Crippen LogP contribution in [0.1, 0.15) is 61.0 Å². The highest BCUT2D eigenvalue weighted by molar-refractivity contribution is 5.97. The highest BCUT2D eigenvalue weighted by Gasteiger charge is 2.45. The van der Waals surface area contributed by atoms with Gasteiger partial charge in [0.05, 0.1) is 5.56 Å². The number of halogens is 3. The average Bonchev–Trinajstić information content (AvgIpc) is 3.38. The molecule has 0 aliphatic heterocycles. The zero-order chi connectivity index (χ0) is 30.1. The largest absolute Gasteiger partial charge is 0.416 e. The number of urea groups is 1. The van der Waals surface area contributed by atoms with Crippen LogP contribution in [0.2, 0.25) is 0 Å². The maximum absolute atomic E-state index is 14.2. The molecule has 224 valence electrons. The molecule has 4 aromatic rings. The van der Waals surface area contributed by atoms with Crippen LogP contribution in [-0.4, -0.2) is 34.0 Å². The SMILES string of the molecule is O=C(Nc1ccc(C(F)(F)F)cc1)NC1(C(=O)NCC2(c3ccccn3)CCCCC2)CCc2[nH]c3ccccc3c2C1. The van der Waals surface area contributed by atoms with Crippen LogP contribution in [0.15, 0.2) is 72.9 Å². The third-order valence-corrected chi connectivity index (χ3v) is 9.05. The normalized spacial score (nSPS) is 19.8. The summed E-state index contributed by atoms with van der Waals surface area (Å²) in [5.41, 5.74) is 1.76. The van der Waals surface area contributed by atoms with Crippen molar-refractivity contribution >= 4 is 28.5 Å². The first kappa shape index (κ1) is 28.8. The van der Waals surface area contributed by atoms with Crippen LogP contribution in [0.25, 0.3) is 10.9 Å². The highest BCUT2D eigenvalue weighted by Crippen LogP contribution is 2.39. The molecule has 0 spiro atoms. The van der Waals surface area contributed by atoms with Gasteiger partial charge >= 0.3 is 12.2 Å². The molecule has 1 saturated carbocycles. The van der Waals surface area contributed by atoms with Gasteiger partial charge in [0.15, 0.2) is 0 Å². The summed E-state index contributed by atoms with van der Waals surface area (Å²) in [4.78, 5) is 35.7. The second-order valence-electron chi connectivity index (χ2n) is 11.8. The van der Waals surface area contributed by atoms with Gasteiger partial charge in [-0.05, 0) is 73.7 Å². The molecule has 2 heterocycles. The molecule has 6 rings (SSSR count). The Morgan fingerprint density at radius 1 is 0.907 bits per heavy atom. The Morgan fingerprint density at radius 2 is 1.65 bits per heavy atom. The molecular formula is C33H34F3N5O2. The number of H-pyrrole nitrogens is 1. The van der Waals surface area contributed by atoms with Crippen molar-refractivity contribution in [1.29, 1.82) is 0 Å². The van der Waals surface area contributed by atoms with Crippen LogP contribution in [0.5, 0.6) is 0 Å². The van der Waals surface area contributed by atoms with Crippen molar-refractivity contribution in [1.82, 2.24) is 20.6 Å². The number of carbonyl (C=O) groups is 2. The molecule has 0 bridgehead atoms. The number of aryl methyl sites for hydroxylation is 1. The van der Waals surface area contributed by atoms with Crippen molar-refractivity contribution in [2.45, 2.75) is 68.5 Å². The quantitative estimate of drug-likeness (QED) is 0.203. The molecule has 4 N–H and O–H groups in total. The molecule has 2 aromatic carbocycles. The van der Waals surface area contributed by atoms with Crippen molar-refractivity contribution < 1.29 is 22.8 Å². The number of hydrogen-bond donors (Lipinski definition) is 4. The molecule has 2 aromatic heterocycles. The standard InChI is InChI=1S/C33H34F3N5O2/c34-33(35,36)22-11-13-23(14-12-22)39-30(43)41-32(18-15-27-25(20-32)24-8-2-3-9-26(24)40-27)29(42)38-21-31(16-5-1-6-17-31)28-10-4-7-19-37-28/h2-4,7-14,19,40H,1,5-6,15-18,20-21H2,(H,38,42)(H2,39,41,43). The van der Waals surface area contributed by atoms with E-state index in [1.54, 1.807) is 6.20 Å². The number of alkyl halides is 3. The van der Waals surface area contributed by atoms with Crippen molar-refractivity contribution in [2.24, 2.45) is 0 Å². The smallest absolute Gasteiger partial charge is 0.358 e. The van der Waals surface area contributed by atoms with Crippen LogP contribution < -0.4 is 16.0 Å². The zero-order valence-electron chi connectivity index (χ0n) is 23.7. The number of rotatable bonds is 6. The van der Waals surface area contributed by atoms with E-state index in [9.17, 15) is 22.8 Å². The number of carbonyl (C=O) groups excluding carboxylic acids is 2. The van der Waals surface area contributed by atoms with E-state index in [4.69, 9.17) is 0 Å². The van der Waals surface area contributed by atoms with Gasteiger partial charge in [0.25, 0.3) is 0 Å². The fraction of sp³-hybridized carbons (Fsp3) is 0.364. The van der Waals surface area contributed by atoms with Crippen LogP contribution in [0.4, 0.5) is 23.7 Å². The van der Waals surface area contributed by atoms with Crippen LogP contribution in [0, 0.1) is 0 Å². The Kier molecular flexibility index (Phi) is 7.62. The summed E-state index contributed by atoms with van der Waals surface area (Å²) in [5, 5.41) is 9.78. The average molecular weight is 590 g/mol. The predicted octanol–water partition coefficient (Wildman–Crippen LogP) is 6.65. The summed E-state index contributed by atoms with van der Waals surface area (Å²) in [7, 11) is 0. The Labute approximate surface area is 247 Å². The Morgan fingerprint density at radius 3 is 2.37 bits per heavy atom. The Hall–Kier alpha value is -4.34. The number of fused-ring (bicyclic) bond motifs is 3. The minimum atomic E-state index is -4.48. The second kappa shape index (κ2) is 11.4. The fourth-order valence-electron chi connectivity index (χ4n) is 6.73. The summed E-state index contributed by atoms with van der Waals surface area (Å²) in [5.74, 6) is -0.285. The molecule has 0 saturated heterocycles. The van der Waals surface area contributed by atoms with Gasteiger partial charge < -0.3 is 20.9 Å². The van der Waals surface area contributed by atoms with Crippen molar-refractivity contribution in [3.63, 3.8) is 0 Å². The number of aromatic amines is 1. The molecule has 2 aliphatic carbocycles. The molecule has 43 heavy (non-hydrogen) atoms. The van der Waals surface area contributed by atoms with E-state index in [0.29, 0.717) is 19.4 Å². The summed E-state index contributed by atoms with van der Waals surface area (Å²) < 4.78 is 39.1. The number of para-hydroxylation sites is 1. The maximum Gasteiger partial charge on any atom is 0.416 e. The molecule has 0 radical (unpaired) electrons. The van der Waals surface area contributed by atoms with Gasteiger partial charge in [0.1, 0.15) is 5.54 Å². The molecule has 3 amide bonds. The van der Waals surface area contributed by atoms with Gasteiger partial charge in [-0.15, -0.1) is 0 Å². The predicted molar refractivity (Wildman–Crippen MR) is 159 cm³/mol. The topological polar surface area (TPSA) is 98.9 Å². The lowest BCUT2D eigenvalue weighted by Crippen LogP contribution is -2.63. The summed E-state index contributed by atoms with van der Waals surface area (Å²) >= 11 is 0. The summed E-state index contributed by atoms with van der Waals surface area (Å²) in [6.07, 6.45) is 3.52. The Balaban J connectivity index is 1.27. The molecule has 10 heteroatoms. The number of hydrogen-bond acceptors (Lipinski definition) is 3. The monoisotopic (exact) mass is 589 g/mol. The van der Waals surface area contributed by atoms with E-state index < -0.39 is 23.3 Å². The van der Waals surface area contributed by atoms with E-state index in [0.717, 1.165) is 72.1 Å². The minimum absolute atomic E-state index is 0.195. The van der Waals surface area contributed by atoms with Gasteiger partial charge in [-0.25, -0.2) is 4.79 Å². The molecule has 2 aliphatic rings. The third kappa shape index (κ3) is 5.83. The first-order chi connectivity index (χ1) is 20.7. The number of nitrogens with one attached hydrogen (secondary N) is 4. The fourth-order valence-corrected chi connectivity index (χ4v) is 6.73. The highest BCUT2D eigenvalue weighted by atomic mass is 19.4. The third-order valence-electron chi connectivity index (χ3n) is 9.05. The van der Waals surface area contributed by atoms with Crippen molar-refractivity contribution in [2.75, 3.05) is 11.9 Å². The number of benzene rings is 2. The lowest BCUT2D eigenvalue weighted by molar-refractivity contribution is -0.137. The van der Waals surface area contributed by atoms with Crippen molar-refractivity contribution in [3.8, 4) is 0 Å². The molecule has 7 nitrogen and oxygen atoms in total. The summed E-state index contributed by atoms with van der Waals surface area (Å²) in [6, 6.07) is 17.3. The molecule has 1 unspecified atom stereocenters. The lowest BCUT2D eigenvalue weighted by atomic mass is 9.71. The van der Waals surface area contributed by atoms with Gasteiger partial charge in [0.2, 0.25) is 5.91 Å². The van der Waals surface area contributed by atoms with Gasteiger partial charge in [-0.3, -0.25) is 9.78 Å². The second-order valence-corrected chi connectivity index (χ2v) is 11.8. The van der Waals surface area contributed by atoms with Gasteiger partial charge in [-0.1, -0.05) is 43.5 Å². The first-order valence-electron chi connectivity index (χ1n) is 14.7. The van der Waals surface area contributed by atoms with Crippen LogP contribution in [0.3, 0.4) is 0 Å². The molecule has 1 fully saturated rings. The summed E-state index contributed by atoms with van der Waals surface area (Å²) in [6.45, 7) is 0.396. The number of pyridine rings is 1. The van der Waals surface area contributed by atoms with E-state index in [-0.39, 0.29) is 23.4 Å². The first-order valence-corrected chi connectivity index (χ1v) is 14.7. The van der Waals surface area contributed by atoms with E-state index >= 15 is 0 Å². The van der Waals surface area contributed by atoms with E-state index in [1.807, 2.05) is 42.5 Å². The molecular weight excluding hydrogens is 555 g/mol. The van der Waals surface area contributed by atoms with Crippen LogP contribution in [-0.2, 0) is 29.2 Å². The van der Waals surface area contributed by atoms with E-state index in [2.05, 4.69) is 25.9 Å².